The number of aliphatic imine (C=N–C) groups is 1. The number of amides is 1. The highest BCUT2D eigenvalue weighted by Gasteiger charge is 2.51. The summed E-state index contributed by atoms with van der Waals surface area (Å²) in [6.45, 7) is 3.09. The summed E-state index contributed by atoms with van der Waals surface area (Å²) in [5.74, 6) is -1.03. The van der Waals surface area contributed by atoms with Crippen LogP contribution in [-0.4, -0.2) is 28.9 Å². The number of benzene rings is 2. The molecule has 1 heterocycles. The van der Waals surface area contributed by atoms with Crippen LogP contribution in [0.2, 0.25) is 0 Å². The van der Waals surface area contributed by atoms with Crippen molar-refractivity contribution < 1.29 is 14.5 Å². The van der Waals surface area contributed by atoms with Crippen molar-refractivity contribution in [2.24, 2.45) is 4.99 Å². The molecule has 0 N–H and O–H groups in total. The molecular formula is C19H18N2O4. The van der Waals surface area contributed by atoms with E-state index in [9.17, 15) is 14.9 Å². The predicted molar refractivity (Wildman–Crippen MR) is 93.3 cm³/mol. The molecule has 25 heavy (non-hydrogen) atoms. The van der Waals surface area contributed by atoms with Crippen molar-refractivity contribution in [1.29, 1.82) is 0 Å². The fourth-order valence-electron chi connectivity index (χ4n) is 3.02. The van der Waals surface area contributed by atoms with Crippen LogP contribution in [0.25, 0.3) is 0 Å². The first-order chi connectivity index (χ1) is 11.9. The summed E-state index contributed by atoms with van der Waals surface area (Å²) in [5.41, 5.74) is 0.962. The Kier molecular flexibility index (Phi) is 4.35. The molecule has 2 aromatic carbocycles. The molecule has 1 amide bonds. The van der Waals surface area contributed by atoms with E-state index in [0.29, 0.717) is 11.1 Å². The van der Waals surface area contributed by atoms with Crippen LogP contribution in [0.3, 0.4) is 0 Å². The molecule has 0 saturated heterocycles. The minimum absolute atomic E-state index is 0.209. The molecule has 0 aliphatic carbocycles. The standard InChI is InChI=1S/C19H18N2O4/c1-13-7-6-10-15(11-13)17-20-18(22)19(2,25-17)16(12-21(23)24)14-8-4-3-5-9-14/h3-11,16H,12H2,1-2H3. The molecule has 0 aromatic heterocycles. The Bertz CT molecular complexity index is 848. The smallest absolute Gasteiger partial charge is 0.293 e. The summed E-state index contributed by atoms with van der Waals surface area (Å²) in [4.78, 5) is 27.4. The third-order valence-electron chi connectivity index (χ3n) is 4.40. The van der Waals surface area contributed by atoms with Crippen LogP contribution in [0, 0.1) is 17.0 Å². The van der Waals surface area contributed by atoms with Crippen LogP contribution in [-0.2, 0) is 9.53 Å². The Balaban J connectivity index is 1.97. The molecule has 0 spiro atoms. The Labute approximate surface area is 145 Å². The second-order valence-corrected chi connectivity index (χ2v) is 6.28. The van der Waals surface area contributed by atoms with E-state index < -0.39 is 28.9 Å². The van der Waals surface area contributed by atoms with Gasteiger partial charge < -0.3 is 4.74 Å². The topological polar surface area (TPSA) is 81.8 Å². The molecule has 2 unspecified atom stereocenters. The molecule has 3 rings (SSSR count). The van der Waals surface area contributed by atoms with E-state index in [1.54, 1.807) is 37.3 Å². The molecule has 6 nitrogen and oxygen atoms in total. The average Bonchev–Trinajstić information content (AvgIpc) is 2.89. The van der Waals surface area contributed by atoms with Crippen molar-refractivity contribution in [3.05, 3.63) is 81.4 Å². The zero-order chi connectivity index (χ0) is 18.0. The minimum atomic E-state index is -1.41. The highest BCUT2D eigenvalue weighted by Crippen LogP contribution is 2.37. The maximum Gasteiger partial charge on any atom is 0.293 e. The number of hydrogen-bond donors (Lipinski definition) is 0. The van der Waals surface area contributed by atoms with Gasteiger partial charge in [0.1, 0.15) is 0 Å². The van der Waals surface area contributed by atoms with Crippen molar-refractivity contribution in [3.63, 3.8) is 0 Å². The number of carbonyl (C=O) groups excluding carboxylic acids is 1. The molecule has 1 aliphatic rings. The van der Waals surface area contributed by atoms with Gasteiger partial charge in [-0.2, -0.15) is 4.99 Å². The number of ether oxygens (including phenoxy) is 1. The number of carbonyl (C=O) groups is 1. The van der Waals surface area contributed by atoms with Gasteiger partial charge in [0.2, 0.25) is 18.0 Å². The Hall–Kier alpha value is -3.02. The van der Waals surface area contributed by atoms with Crippen LogP contribution in [0.15, 0.2) is 59.6 Å². The van der Waals surface area contributed by atoms with Crippen molar-refractivity contribution in [1.82, 2.24) is 0 Å². The molecular weight excluding hydrogens is 320 g/mol. The third kappa shape index (κ3) is 3.28. The quantitative estimate of drug-likeness (QED) is 0.619. The van der Waals surface area contributed by atoms with Crippen molar-refractivity contribution in [2.45, 2.75) is 25.4 Å². The maximum atomic E-state index is 12.6. The fourth-order valence-corrected chi connectivity index (χ4v) is 3.02. The second-order valence-electron chi connectivity index (χ2n) is 6.28. The van der Waals surface area contributed by atoms with Gasteiger partial charge in [0.25, 0.3) is 5.91 Å². The normalized spacial score (nSPS) is 20.7. The van der Waals surface area contributed by atoms with Gasteiger partial charge in [0.05, 0.1) is 5.92 Å². The molecule has 0 saturated carbocycles. The average molecular weight is 338 g/mol. The molecule has 6 heteroatoms. The number of nitro groups is 1. The Morgan fingerprint density at radius 2 is 1.92 bits per heavy atom. The lowest BCUT2D eigenvalue weighted by Crippen LogP contribution is -2.43. The highest BCUT2D eigenvalue weighted by atomic mass is 16.6. The van der Waals surface area contributed by atoms with E-state index in [4.69, 9.17) is 4.74 Å². The predicted octanol–water partition coefficient (Wildman–Crippen LogP) is 3.12. The van der Waals surface area contributed by atoms with Crippen LogP contribution in [0.4, 0.5) is 0 Å². The summed E-state index contributed by atoms with van der Waals surface area (Å²) in [7, 11) is 0. The van der Waals surface area contributed by atoms with E-state index >= 15 is 0 Å². The minimum Gasteiger partial charge on any atom is -0.460 e. The lowest BCUT2D eigenvalue weighted by atomic mass is 9.82. The molecule has 0 radical (unpaired) electrons. The van der Waals surface area contributed by atoms with Gasteiger partial charge in [0, 0.05) is 10.5 Å². The molecule has 2 aromatic rings. The monoisotopic (exact) mass is 338 g/mol. The van der Waals surface area contributed by atoms with Gasteiger partial charge in [0.15, 0.2) is 0 Å². The van der Waals surface area contributed by atoms with E-state index in [0.717, 1.165) is 5.56 Å². The Morgan fingerprint density at radius 1 is 1.20 bits per heavy atom. The summed E-state index contributed by atoms with van der Waals surface area (Å²) >= 11 is 0. The molecule has 0 bridgehead atoms. The lowest BCUT2D eigenvalue weighted by molar-refractivity contribution is -0.486. The molecule has 0 fully saturated rings. The van der Waals surface area contributed by atoms with Gasteiger partial charge in [-0.1, -0.05) is 48.0 Å². The van der Waals surface area contributed by atoms with Gasteiger partial charge in [-0.25, -0.2) is 0 Å². The van der Waals surface area contributed by atoms with Gasteiger partial charge in [-0.05, 0) is 31.5 Å². The Morgan fingerprint density at radius 3 is 2.56 bits per heavy atom. The zero-order valence-corrected chi connectivity index (χ0v) is 14.0. The maximum absolute atomic E-state index is 12.6. The van der Waals surface area contributed by atoms with Crippen molar-refractivity contribution >= 4 is 11.8 Å². The number of nitrogens with zero attached hydrogens (tertiary/aromatic N) is 2. The fraction of sp³-hybridized carbons (Fsp3) is 0.263. The molecule has 128 valence electrons. The third-order valence-corrected chi connectivity index (χ3v) is 4.40. The summed E-state index contributed by atoms with van der Waals surface area (Å²) in [5, 5.41) is 11.2. The van der Waals surface area contributed by atoms with Crippen LogP contribution < -0.4 is 0 Å². The van der Waals surface area contributed by atoms with Gasteiger partial charge >= 0.3 is 0 Å². The van der Waals surface area contributed by atoms with E-state index in [2.05, 4.69) is 4.99 Å². The number of hydrogen-bond acceptors (Lipinski definition) is 4. The van der Waals surface area contributed by atoms with Crippen LogP contribution in [0.5, 0.6) is 0 Å². The first kappa shape index (κ1) is 16.8. The van der Waals surface area contributed by atoms with Gasteiger partial charge in [-0.3, -0.25) is 14.9 Å². The van der Waals surface area contributed by atoms with Crippen LogP contribution >= 0.6 is 0 Å². The van der Waals surface area contributed by atoms with Crippen LogP contribution in [0.1, 0.15) is 29.5 Å². The zero-order valence-electron chi connectivity index (χ0n) is 14.0. The molecule has 2 atom stereocenters. The SMILES string of the molecule is Cc1cccc(C2=NC(=O)C(C)(C(C[N+](=O)[O-])c3ccccc3)O2)c1. The van der Waals surface area contributed by atoms with Crippen molar-refractivity contribution in [3.8, 4) is 0 Å². The summed E-state index contributed by atoms with van der Waals surface area (Å²) in [6, 6.07) is 16.4. The first-order valence-corrected chi connectivity index (χ1v) is 7.96. The highest BCUT2D eigenvalue weighted by molar-refractivity contribution is 6.09. The summed E-state index contributed by atoms with van der Waals surface area (Å²) < 4.78 is 5.92. The number of rotatable bonds is 5. The first-order valence-electron chi connectivity index (χ1n) is 7.96. The summed E-state index contributed by atoms with van der Waals surface area (Å²) in [6.07, 6.45) is 0. The number of aryl methyl sites for hydroxylation is 1. The van der Waals surface area contributed by atoms with Crippen molar-refractivity contribution in [2.75, 3.05) is 6.54 Å². The lowest BCUT2D eigenvalue weighted by Gasteiger charge is -2.29. The second kappa shape index (κ2) is 6.47. The van der Waals surface area contributed by atoms with E-state index in [1.165, 1.54) is 0 Å². The van der Waals surface area contributed by atoms with E-state index in [1.807, 2.05) is 31.2 Å². The molecule has 1 aliphatic heterocycles. The van der Waals surface area contributed by atoms with Gasteiger partial charge in [-0.15, -0.1) is 0 Å². The largest absolute Gasteiger partial charge is 0.460 e. The van der Waals surface area contributed by atoms with E-state index in [-0.39, 0.29) is 5.90 Å².